The van der Waals surface area contributed by atoms with Gasteiger partial charge in [0.15, 0.2) is 0 Å². The van der Waals surface area contributed by atoms with Crippen LogP contribution in [0.25, 0.3) is 10.4 Å². The molecular weight excluding hydrogens is 445 g/mol. The highest BCUT2D eigenvalue weighted by Crippen LogP contribution is 2.41. The van der Waals surface area contributed by atoms with E-state index >= 15 is 0 Å². The molecule has 1 heterocycles. The van der Waals surface area contributed by atoms with Crippen LogP contribution >= 0.6 is 11.3 Å². The van der Waals surface area contributed by atoms with E-state index in [1.807, 2.05) is 13.8 Å². The number of carbonyl (C=O) groups is 3. The average molecular weight is 476 g/mol. The molecule has 0 radical (unpaired) electrons. The van der Waals surface area contributed by atoms with Crippen molar-refractivity contribution >= 4 is 34.2 Å². The van der Waals surface area contributed by atoms with Gasteiger partial charge in [0.2, 0.25) is 5.91 Å². The van der Waals surface area contributed by atoms with E-state index in [2.05, 4.69) is 6.92 Å². The molecule has 1 saturated carbocycles. The third kappa shape index (κ3) is 5.61. The number of methoxy groups -OCH3 is 1. The number of benzene rings is 1. The highest BCUT2D eigenvalue weighted by atomic mass is 32.1. The van der Waals surface area contributed by atoms with E-state index in [4.69, 9.17) is 9.47 Å². The van der Waals surface area contributed by atoms with Crippen LogP contribution in [0.2, 0.25) is 0 Å². The maximum absolute atomic E-state index is 13.8. The van der Waals surface area contributed by atoms with E-state index < -0.39 is 24.0 Å². The van der Waals surface area contributed by atoms with E-state index in [1.54, 1.807) is 23.1 Å². The zero-order chi connectivity index (χ0) is 24.3. The first-order valence-corrected chi connectivity index (χ1v) is 11.9. The molecule has 3 rings (SSSR count). The molecule has 1 aromatic heterocycles. The lowest BCUT2D eigenvalue weighted by Gasteiger charge is -2.37. The number of carbonyl (C=O) groups excluding carboxylic acids is 3. The van der Waals surface area contributed by atoms with Crippen LogP contribution < -0.4 is 4.90 Å². The van der Waals surface area contributed by atoms with Gasteiger partial charge in [-0.3, -0.25) is 9.59 Å². The van der Waals surface area contributed by atoms with Crippen molar-refractivity contribution in [2.75, 3.05) is 12.0 Å². The summed E-state index contributed by atoms with van der Waals surface area (Å²) in [6.07, 6.45) is 1.58. The molecule has 6 nitrogen and oxygen atoms in total. The SMILES string of the molecule is COC(=O)c1cc(-c2ccc(F)cc2)sc1N(C(=O)[C@@H]1CC[C@@H](C)C[C@@H]1OC(C)=O)C(C)C. The lowest BCUT2D eigenvalue weighted by atomic mass is 9.79. The summed E-state index contributed by atoms with van der Waals surface area (Å²) in [6.45, 7) is 7.19. The molecule has 0 aliphatic heterocycles. The Morgan fingerprint density at radius 3 is 2.39 bits per heavy atom. The van der Waals surface area contributed by atoms with Crippen molar-refractivity contribution < 1.29 is 28.2 Å². The molecule has 1 aliphatic carbocycles. The van der Waals surface area contributed by atoms with Crippen LogP contribution in [-0.2, 0) is 19.1 Å². The fourth-order valence-electron chi connectivity index (χ4n) is 4.30. The highest BCUT2D eigenvalue weighted by Gasteiger charge is 2.40. The lowest BCUT2D eigenvalue weighted by Crippen LogP contribution is -2.47. The van der Waals surface area contributed by atoms with Crippen LogP contribution in [0.3, 0.4) is 0 Å². The predicted molar refractivity (Wildman–Crippen MR) is 126 cm³/mol. The normalized spacial score (nSPS) is 20.4. The maximum Gasteiger partial charge on any atom is 0.340 e. The summed E-state index contributed by atoms with van der Waals surface area (Å²) < 4.78 is 23.9. The molecule has 8 heteroatoms. The number of ether oxygens (including phenoxy) is 2. The molecule has 1 aromatic carbocycles. The van der Waals surface area contributed by atoms with Crippen molar-refractivity contribution in [2.24, 2.45) is 11.8 Å². The van der Waals surface area contributed by atoms with Crippen LogP contribution in [0.5, 0.6) is 0 Å². The summed E-state index contributed by atoms with van der Waals surface area (Å²) in [4.78, 5) is 40.5. The minimum Gasteiger partial charge on any atom is -0.465 e. The molecule has 1 amide bonds. The topological polar surface area (TPSA) is 72.9 Å². The molecule has 0 spiro atoms. The standard InChI is InChI=1S/C25H30FNO5S/c1-14(2)27(23(29)19-11-6-15(3)12-21(19)32-16(4)28)24-20(25(30)31-5)13-22(33-24)17-7-9-18(26)10-8-17/h7-10,13-15,19,21H,6,11-12H2,1-5H3/t15-,19-,21+/m1/s1. The molecule has 3 atom stereocenters. The van der Waals surface area contributed by atoms with Crippen LogP contribution in [0.1, 0.15) is 57.3 Å². The Morgan fingerprint density at radius 1 is 1.15 bits per heavy atom. The van der Waals surface area contributed by atoms with Crippen LogP contribution in [0.4, 0.5) is 9.39 Å². The van der Waals surface area contributed by atoms with Gasteiger partial charge in [-0.2, -0.15) is 0 Å². The molecule has 0 bridgehead atoms. The zero-order valence-electron chi connectivity index (χ0n) is 19.6. The number of halogens is 1. The summed E-state index contributed by atoms with van der Waals surface area (Å²) >= 11 is 1.28. The second-order valence-corrected chi connectivity index (χ2v) is 9.83. The molecule has 2 aromatic rings. The predicted octanol–water partition coefficient (Wildman–Crippen LogP) is 5.45. The number of anilines is 1. The van der Waals surface area contributed by atoms with E-state index in [-0.39, 0.29) is 23.3 Å². The summed E-state index contributed by atoms with van der Waals surface area (Å²) in [5.41, 5.74) is 1.01. The molecule has 0 unspecified atom stereocenters. The lowest BCUT2D eigenvalue weighted by molar-refractivity contribution is -0.154. The summed E-state index contributed by atoms with van der Waals surface area (Å²) in [5, 5.41) is 0.473. The van der Waals surface area contributed by atoms with Gasteiger partial charge in [0, 0.05) is 17.8 Å². The number of esters is 2. The second kappa shape index (κ2) is 10.5. The molecule has 0 saturated heterocycles. The first-order chi connectivity index (χ1) is 15.6. The molecule has 178 valence electrons. The van der Waals surface area contributed by atoms with E-state index in [1.165, 1.54) is 37.5 Å². The quantitative estimate of drug-likeness (QED) is 0.520. The average Bonchev–Trinajstić information content (AvgIpc) is 3.17. The van der Waals surface area contributed by atoms with Crippen LogP contribution in [0.15, 0.2) is 30.3 Å². The Bertz CT molecular complexity index is 1020. The number of thiophene rings is 1. The van der Waals surface area contributed by atoms with E-state index in [9.17, 15) is 18.8 Å². The summed E-state index contributed by atoms with van der Waals surface area (Å²) in [7, 11) is 1.29. The number of rotatable bonds is 6. The Balaban J connectivity index is 2.04. The number of amides is 1. The van der Waals surface area contributed by atoms with Gasteiger partial charge in [0.25, 0.3) is 0 Å². The monoisotopic (exact) mass is 475 g/mol. The maximum atomic E-state index is 13.8. The van der Waals surface area contributed by atoms with Gasteiger partial charge in [-0.25, -0.2) is 9.18 Å². The Kier molecular flexibility index (Phi) is 7.89. The van der Waals surface area contributed by atoms with Crippen LogP contribution in [-0.4, -0.2) is 37.1 Å². The summed E-state index contributed by atoms with van der Waals surface area (Å²) in [6, 6.07) is 7.39. The van der Waals surface area contributed by atoms with E-state index in [0.717, 1.165) is 16.9 Å². The first kappa shape index (κ1) is 24.9. The Labute approximate surface area is 197 Å². The minimum absolute atomic E-state index is 0.180. The fourth-order valence-corrected chi connectivity index (χ4v) is 5.59. The van der Waals surface area contributed by atoms with Gasteiger partial charge in [0.1, 0.15) is 16.9 Å². The van der Waals surface area contributed by atoms with Crippen LogP contribution in [0, 0.1) is 17.7 Å². The highest BCUT2D eigenvalue weighted by molar-refractivity contribution is 7.20. The Morgan fingerprint density at radius 2 is 1.82 bits per heavy atom. The van der Waals surface area contributed by atoms with Crippen molar-refractivity contribution in [3.8, 4) is 10.4 Å². The molecule has 33 heavy (non-hydrogen) atoms. The van der Waals surface area contributed by atoms with Crippen molar-refractivity contribution in [3.05, 3.63) is 41.7 Å². The third-order valence-corrected chi connectivity index (χ3v) is 7.09. The van der Waals surface area contributed by atoms with Gasteiger partial charge in [0.05, 0.1) is 18.6 Å². The number of nitrogens with zero attached hydrogens (tertiary/aromatic N) is 1. The molecule has 0 N–H and O–H groups in total. The van der Waals surface area contributed by atoms with Gasteiger partial charge >= 0.3 is 11.9 Å². The van der Waals surface area contributed by atoms with Gasteiger partial charge in [-0.1, -0.05) is 19.1 Å². The number of hydrogen-bond acceptors (Lipinski definition) is 6. The van der Waals surface area contributed by atoms with Gasteiger partial charge < -0.3 is 14.4 Å². The summed E-state index contributed by atoms with van der Waals surface area (Å²) in [5.74, 6) is -1.64. The van der Waals surface area contributed by atoms with Crippen molar-refractivity contribution in [3.63, 3.8) is 0 Å². The van der Waals surface area contributed by atoms with Gasteiger partial charge in [-0.15, -0.1) is 11.3 Å². The third-order valence-electron chi connectivity index (χ3n) is 5.91. The molecule has 1 aliphatic rings. The van der Waals surface area contributed by atoms with Crippen molar-refractivity contribution in [1.29, 1.82) is 0 Å². The zero-order valence-corrected chi connectivity index (χ0v) is 20.4. The first-order valence-electron chi connectivity index (χ1n) is 11.1. The smallest absolute Gasteiger partial charge is 0.340 e. The largest absolute Gasteiger partial charge is 0.465 e. The Hall–Kier alpha value is -2.74. The van der Waals surface area contributed by atoms with Gasteiger partial charge in [-0.05, 0) is 62.8 Å². The molecule has 1 fully saturated rings. The van der Waals surface area contributed by atoms with E-state index in [0.29, 0.717) is 23.8 Å². The fraction of sp³-hybridized carbons (Fsp3) is 0.480. The molecular formula is C25H30FNO5S. The minimum atomic E-state index is -0.554. The number of hydrogen-bond donors (Lipinski definition) is 0. The second-order valence-electron chi connectivity index (χ2n) is 8.80. The van der Waals surface area contributed by atoms with Crippen molar-refractivity contribution in [2.45, 2.75) is 59.1 Å². The van der Waals surface area contributed by atoms with Crippen molar-refractivity contribution in [1.82, 2.24) is 0 Å².